The van der Waals surface area contributed by atoms with Crippen LogP contribution in [-0.4, -0.2) is 14.8 Å². The normalized spacial score (nSPS) is 15.2. The van der Waals surface area contributed by atoms with Crippen LogP contribution in [0.3, 0.4) is 0 Å². The smallest absolute Gasteiger partial charge is 0.389 e. The van der Waals surface area contributed by atoms with Gasteiger partial charge in [0.25, 0.3) is 0 Å². The molecule has 1 saturated carbocycles. The molecule has 0 unspecified atom stereocenters. The lowest BCUT2D eigenvalue weighted by molar-refractivity contribution is -0.137. The van der Waals surface area contributed by atoms with Gasteiger partial charge in [-0.2, -0.15) is 18.3 Å². The lowest BCUT2D eigenvalue weighted by Crippen LogP contribution is -2.18. The number of nitrogens with two attached hydrogens (primary N) is 1. The average molecular weight is 311 g/mol. The Labute approximate surface area is 124 Å². The zero-order valence-electron chi connectivity index (χ0n) is 10.9. The van der Waals surface area contributed by atoms with Gasteiger partial charge in [0.15, 0.2) is 0 Å². The molecule has 21 heavy (non-hydrogen) atoms. The number of halogens is 3. The van der Waals surface area contributed by atoms with Gasteiger partial charge < -0.3 is 5.73 Å². The van der Waals surface area contributed by atoms with E-state index in [0.717, 1.165) is 24.6 Å². The van der Waals surface area contributed by atoms with Crippen molar-refractivity contribution in [2.45, 2.75) is 24.9 Å². The molecule has 1 aliphatic carbocycles. The molecule has 1 fully saturated rings. The van der Waals surface area contributed by atoms with E-state index >= 15 is 0 Å². The lowest BCUT2D eigenvalue weighted by atomic mass is 10.1. The van der Waals surface area contributed by atoms with Crippen LogP contribution in [0.5, 0.6) is 0 Å². The van der Waals surface area contributed by atoms with E-state index in [1.807, 2.05) is 6.07 Å². The Balaban J connectivity index is 2.03. The zero-order valence-corrected chi connectivity index (χ0v) is 11.7. The first-order valence-corrected chi connectivity index (χ1v) is 6.84. The van der Waals surface area contributed by atoms with Gasteiger partial charge in [0, 0.05) is 17.7 Å². The van der Waals surface area contributed by atoms with Crippen molar-refractivity contribution in [3.05, 3.63) is 47.3 Å². The fraction of sp³-hybridized carbons (Fsp3) is 0.286. The summed E-state index contributed by atoms with van der Waals surface area (Å²) in [5.74, 6) is 0.482. The Morgan fingerprint density at radius 1 is 1.29 bits per heavy atom. The number of hydrogen-bond acceptors (Lipinski definition) is 2. The van der Waals surface area contributed by atoms with Crippen LogP contribution in [0.1, 0.15) is 35.6 Å². The molecule has 0 spiro atoms. The van der Waals surface area contributed by atoms with Crippen molar-refractivity contribution in [1.29, 1.82) is 0 Å². The van der Waals surface area contributed by atoms with E-state index in [2.05, 4.69) is 5.10 Å². The first-order chi connectivity index (χ1) is 9.86. The van der Waals surface area contributed by atoms with Gasteiger partial charge in [0.05, 0.1) is 16.9 Å². The summed E-state index contributed by atoms with van der Waals surface area (Å²) >= 11 is 4.73. The fourth-order valence-corrected chi connectivity index (χ4v) is 2.37. The Hall–Kier alpha value is -1.89. The molecule has 0 radical (unpaired) electrons. The standard InChI is InChI=1S/C14H12F3N3S/c15-14(16,17)11-4-3-9(7-10(11)13(18)21)20-6-5-12(19-20)8-1-2-8/h3-8H,1-2H2,(H2,18,21). The second-order valence-electron chi connectivity index (χ2n) is 5.05. The molecule has 1 aromatic heterocycles. The molecule has 0 amide bonds. The van der Waals surface area contributed by atoms with Crippen LogP contribution < -0.4 is 5.73 Å². The minimum absolute atomic E-state index is 0.182. The Morgan fingerprint density at radius 2 is 2.00 bits per heavy atom. The summed E-state index contributed by atoms with van der Waals surface area (Å²) in [7, 11) is 0. The number of aromatic nitrogens is 2. The van der Waals surface area contributed by atoms with E-state index in [9.17, 15) is 13.2 Å². The fourth-order valence-electron chi connectivity index (χ4n) is 2.20. The quantitative estimate of drug-likeness (QED) is 0.884. The van der Waals surface area contributed by atoms with Crippen molar-refractivity contribution in [2.75, 3.05) is 0 Å². The topological polar surface area (TPSA) is 43.8 Å². The van der Waals surface area contributed by atoms with E-state index < -0.39 is 11.7 Å². The van der Waals surface area contributed by atoms with Crippen molar-refractivity contribution in [3.8, 4) is 5.69 Å². The summed E-state index contributed by atoms with van der Waals surface area (Å²) in [4.78, 5) is -0.279. The second kappa shape index (κ2) is 4.84. The first-order valence-electron chi connectivity index (χ1n) is 6.43. The highest BCUT2D eigenvalue weighted by Gasteiger charge is 2.34. The number of rotatable bonds is 3. The monoisotopic (exact) mass is 311 g/mol. The van der Waals surface area contributed by atoms with Crippen molar-refractivity contribution >= 4 is 17.2 Å². The third-order valence-electron chi connectivity index (χ3n) is 3.44. The van der Waals surface area contributed by atoms with Crippen LogP contribution in [0.25, 0.3) is 5.69 Å². The van der Waals surface area contributed by atoms with Crippen LogP contribution in [-0.2, 0) is 6.18 Å². The van der Waals surface area contributed by atoms with Gasteiger partial charge in [-0.05, 0) is 37.1 Å². The Bertz CT molecular complexity index is 702. The molecule has 1 aromatic carbocycles. The Morgan fingerprint density at radius 3 is 2.57 bits per heavy atom. The van der Waals surface area contributed by atoms with E-state index in [1.54, 1.807) is 10.9 Å². The van der Waals surface area contributed by atoms with Gasteiger partial charge in [-0.25, -0.2) is 4.68 Å². The summed E-state index contributed by atoms with van der Waals surface area (Å²) in [6, 6.07) is 5.57. The highest BCUT2D eigenvalue weighted by molar-refractivity contribution is 7.80. The molecular formula is C14H12F3N3S. The molecule has 0 saturated heterocycles. The predicted molar refractivity (Wildman–Crippen MR) is 76.4 cm³/mol. The third kappa shape index (κ3) is 2.78. The van der Waals surface area contributed by atoms with Crippen LogP contribution in [0, 0.1) is 0 Å². The number of benzene rings is 1. The van der Waals surface area contributed by atoms with E-state index in [-0.39, 0.29) is 10.6 Å². The largest absolute Gasteiger partial charge is 0.417 e. The maximum Gasteiger partial charge on any atom is 0.417 e. The van der Waals surface area contributed by atoms with E-state index in [0.29, 0.717) is 11.6 Å². The summed E-state index contributed by atoms with van der Waals surface area (Å²) in [5.41, 5.74) is 5.89. The number of alkyl halides is 3. The van der Waals surface area contributed by atoms with Crippen LogP contribution >= 0.6 is 12.2 Å². The van der Waals surface area contributed by atoms with Crippen LogP contribution in [0.2, 0.25) is 0 Å². The molecule has 0 atom stereocenters. The average Bonchev–Trinajstić information content (AvgIpc) is 3.15. The predicted octanol–water partition coefficient (Wildman–Crippen LogP) is 3.40. The number of thiocarbonyl (C=S) groups is 1. The summed E-state index contributed by atoms with van der Waals surface area (Å²) in [6.07, 6.45) is -0.523. The summed E-state index contributed by atoms with van der Waals surface area (Å²) in [6.45, 7) is 0. The highest BCUT2D eigenvalue weighted by atomic mass is 32.1. The van der Waals surface area contributed by atoms with Gasteiger partial charge in [-0.15, -0.1) is 0 Å². The number of nitrogens with zero attached hydrogens (tertiary/aromatic N) is 2. The second-order valence-corrected chi connectivity index (χ2v) is 5.49. The van der Waals surface area contributed by atoms with Crippen LogP contribution in [0.15, 0.2) is 30.5 Å². The van der Waals surface area contributed by atoms with Crippen LogP contribution in [0.4, 0.5) is 13.2 Å². The van der Waals surface area contributed by atoms with Gasteiger partial charge >= 0.3 is 6.18 Å². The summed E-state index contributed by atoms with van der Waals surface area (Å²) in [5, 5.41) is 4.39. The molecular weight excluding hydrogens is 299 g/mol. The maximum absolute atomic E-state index is 12.9. The van der Waals surface area contributed by atoms with Crippen molar-refractivity contribution < 1.29 is 13.2 Å². The molecule has 2 N–H and O–H groups in total. The zero-order chi connectivity index (χ0) is 15.2. The Kier molecular flexibility index (Phi) is 3.24. The van der Waals surface area contributed by atoms with Gasteiger partial charge in [0.2, 0.25) is 0 Å². The number of hydrogen-bond donors (Lipinski definition) is 1. The molecule has 1 heterocycles. The lowest BCUT2D eigenvalue weighted by Gasteiger charge is -2.13. The minimum atomic E-state index is -4.49. The minimum Gasteiger partial charge on any atom is -0.389 e. The molecule has 2 aromatic rings. The molecule has 0 aliphatic heterocycles. The molecule has 7 heteroatoms. The first kappa shape index (κ1) is 14.1. The summed E-state index contributed by atoms with van der Waals surface area (Å²) < 4.78 is 40.3. The van der Waals surface area contributed by atoms with Crippen molar-refractivity contribution in [3.63, 3.8) is 0 Å². The molecule has 110 valence electrons. The van der Waals surface area contributed by atoms with Gasteiger partial charge in [0.1, 0.15) is 4.99 Å². The molecule has 3 nitrogen and oxygen atoms in total. The van der Waals surface area contributed by atoms with E-state index in [1.165, 1.54) is 12.1 Å². The van der Waals surface area contributed by atoms with E-state index in [4.69, 9.17) is 18.0 Å². The van der Waals surface area contributed by atoms with Gasteiger partial charge in [-0.1, -0.05) is 12.2 Å². The van der Waals surface area contributed by atoms with Gasteiger partial charge in [-0.3, -0.25) is 0 Å². The van der Waals surface area contributed by atoms with Crippen molar-refractivity contribution in [1.82, 2.24) is 9.78 Å². The molecule has 3 rings (SSSR count). The molecule has 1 aliphatic rings. The maximum atomic E-state index is 12.9. The van der Waals surface area contributed by atoms with Crippen molar-refractivity contribution in [2.24, 2.45) is 5.73 Å². The third-order valence-corrected chi connectivity index (χ3v) is 3.66. The highest BCUT2D eigenvalue weighted by Crippen LogP contribution is 2.39. The molecule has 0 bridgehead atoms. The SMILES string of the molecule is NC(=S)c1cc(-n2ccc(C3CC3)n2)ccc1C(F)(F)F.